The standard InChI is InChI=1S/C23H27NO4/c1-2-28-20-5-3-4-17(10-20)15-6-8-16(9-7-15)23(27)24-13-18-11-21(25)22(26)12-19(18)14-24/h3-10,18-19,21-22,25-26H,2,11-14H2,1H3/t18-,19+,21+,22-. The molecular weight excluding hydrogens is 354 g/mol. The van der Waals surface area contributed by atoms with Crippen molar-refractivity contribution in [3.8, 4) is 16.9 Å². The van der Waals surface area contributed by atoms with Gasteiger partial charge in [0.1, 0.15) is 5.75 Å². The van der Waals surface area contributed by atoms with Gasteiger partial charge in [-0.15, -0.1) is 0 Å². The van der Waals surface area contributed by atoms with Gasteiger partial charge in [-0.05, 0) is 67.0 Å². The highest BCUT2D eigenvalue weighted by atomic mass is 16.5. The third-order valence-electron chi connectivity index (χ3n) is 6.01. The smallest absolute Gasteiger partial charge is 0.253 e. The van der Waals surface area contributed by atoms with Gasteiger partial charge < -0.3 is 19.8 Å². The fourth-order valence-electron chi connectivity index (χ4n) is 4.49. The zero-order valence-corrected chi connectivity index (χ0v) is 16.1. The molecule has 4 atom stereocenters. The summed E-state index contributed by atoms with van der Waals surface area (Å²) in [6, 6.07) is 15.6. The van der Waals surface area contributed by atoms with Crippen LogP contribution in [0.15, 0.2) is 48.5 Å². The molecular formula is C23H27NO4. The molecule has 4 rings (SSSR count). The molecule has 2 aromatic carbocycles. The first-order valence-corrected chi connectivity index (χ1v) is 10.0. The molecule has 1 aliphatic heterocycles. The number of rotatable bonds is 4. The molecule has 2 N–H and O–H groups in total. The zero-order valence-electron chi connectivity index (χ0n) is 16.1. The number of hydrogen-bond acceptors (Lipinski definition) is 4. The third-order valence-corrected chi connectivity index (χ3v) is 6.01. The number of benzene rings is 2. The van der Waals surface area contributed by atoms with Crippen LogP contribution in [-0.4, -0.2) is 52.9 Å². The van der Waals surface area contributed by atoms with E-state index >= 15 is 0 Å². The largest absolute Gasteiger partial charge is 0.494 e. The van der Waals surface area contributed by atoms with Crippen LogP contribution in [0, 0.1) is 11.8 Å². The average molecular weight is 381 g/mol. The molecule has 2 aliphatic rings. The van der Waals surface area contributed by atoms with E-state index in [1.54, 1.807) is 0 Å². The molecule has 0 spiro atoms. The molecule has 0 aromatic heterocycles. The monoisotopic (exact) mass is 381 g/mol. The Labute approximate surface area is 165 Å². The number of aliphatic hydroxyl groups is 2. The number of ether oxygens (including phenoxy) is 1. The van der Waals surface area contributed by atoms with E-state index in [0.717, 1.165) is 16.9 Å². The Kier molecular flexibility index (Phi) is 5.38. The second kappa shape index (κ2) is 7.94. The van der Waals surface area contributed by atoms with Crippen molar-refractivity contribution in [2.24, 2.45) is 11.8 Å². The summed E-state index contributed by atoms with van der Waals surface area (Å²) < 4.78 is 5.56. The van der Waals surface area contributed by atoms with E-state index in [1.807, 2.05) is 60.4 Å². The number of carbonyl (C=O) groups is 1. The number of fused-ring (bicyclic) bond motifs is 1. The molecule has 0 unspecified atom stereocenters. The number of likely N-dealkylation sites (tertiary alicyclic amines) is 1. The SMILES string of the molecule is CCOc1cccc(-c2ccc(C(=O)N3C[C@H]4C[C@H](O)[C@H](O)C[C@H]4C3)cc2)c1. The molecule has 148 valence electrons. The second-order valence-corrected chi connectivity index (χ2v) is 7.87. The average Bonchev–Trinajstić information content (AvgIpc) is 3.11. The number of amides is 1. The van der Waals surface area contributed by atoms with E-state index in [2.05, 4.69) is 0 Å². The first kappa shape index (κ1) is 19.0. The molecule has 28 heavy (non-hydrogen) atoms. The first-order chi connectivity index (χ1) is 13.5. The lowest BCUT2D eigenvalue weighted by molar-refractivity contribution is -0.0372. The zero-order chi connectivity index (χ0) is 19.7. The van der Waals surface area contributed by atoms with E-state index in [1.165, 1.54) is 0 Å². The summed E-state index contributed by atoms with van der Waals surface area (Å²) in [5.74, 6) is 1.42. The van der Waals surface area contributed by atoms with Crippen molar-refractivity contribution in [3.05, 3.63) is 54.1 Å². The van der Waals surface area contributed by atoms with Crippen LogP contribution in [-0.2, 0) is 0 Å². The maximum absolute atomic E-state index is 12.9. The summed E-state index contributed by atoms with van der Waals surface area (Å²) >= 11 is 0. The van der Waals surface area contributed by atoms with Gasteiger partial charge in [0.05, 0.1) is 18.8 Å². The Morgan fingerprint density at radius 2 is 1.64 bits per heavy atom. The predicted molar refractivity (Wildman–Crippen MR) is 107 cm³/mol. The van der Waals surface area contributed by atoms with E-state index < -0.39 is 12.2 Å². The van der Waals surface area contributed by atoms with Crippen LogP contribution >= 0.6 is 0 Å². The van der Waals surface area contributed by atoms with Crippen LogP contribution in [0.5, 0.6) is 5.75 Å². The van der Waals surface area contributed by atoms with Crippen LogP contribution in [0.25, 0.3) is 11.1 Å². The molecule has 0 radical (unpaired) electrons. The molecule has 1 heterocycles. The quantitative estimate of drug-likeness (QED) is 0.854. The van der Waals surface area contributed by atoms with Crippen LogP contribution in [0.2, 0.25) is 0 Å². The van der Waals surface area contributed by atoms with Gasteiger partial charge in [-0.2, -0.15) is 0 Å². The van der Waals surface area contributed by atoms with Crippen molar-refractivity contribution < 1.29 is 19.7 Å². The molecule has 1 aliphatic carbocycles. The van der Waals surface area contributed by atoms with Gasteiger partial charge >= 0.3 is 0 Å². The van der Waals surface area contributed by atoms with Crippen LogP contribution in [0.4, 0.5) is 0 Å². The summed E-state index contributed by atoms with van der Waals surface area (Å²) in [5, 5.41) is 19.8. The molecule has 5 nitrogen and oxygen atoms in total. The van der Waals surface area contributed by atoms with Crippen molar-refractivity contribution in [1.29, 1.82) is 0 Å². The number of carbonyl (C=O) groups excluding carboxylic acids is 1. The summed E-state index contributed by atoms with van der Waals surface area (Å²) in [6.45, 7) is 3.91. The molecule has 2 fully saturated rings. The molecule has 2 aromatic rings. The molecule has 0 bridgehead atoms. The topological polar surface area (TPSA) is 70.0 Å². The maximum atomic E-state index is 12.9. The van der Waals surface area contributed by atoms with Crippen molar-refractivity contribution in [3.63, 3.8) is 0 Å². The van der Waals surface area contributed by atoms with Gasteiger partial charge in [-0.3, -0.25) is 4.79 Å². The van der Waals surface area contributed by atoms with E-state index in [0.29, 0.717) is 38.1 Å². The predicted octanol–water partition coefficient (Wildman–Crippen LogP) is 2.96. The summed E-state index contributed by atoms with van der Waals surface area (Å²) in [4.78, 5) is 14.8. The highest BCUT2D eigenvalue weighted by molar-refractivity contribution is 5.95. The van der Waals surface area contributed by atoms with E-state index in [4.69, 9.17) is 4.74 Å². The van der Waals surface area contributed by atoms with Crippen LogP contribution in [0.3, 0.4) is 0 Å². The molecule has 5 heteroatoms. The number of aliphatic hydroxyl groups excluding tert-OH is 2. The van der Waals surface area contributed by atoms with Crippen molar-refractivity contribution in [2.45, 2.75) is 32.0 Å². The lowest BCUT2D eigenvalue weighted by Gasteiger charge is -2.31. The number of nitrogens with zero attached hydrogens (tertiary/aromatic N) is 1. The fourth-order valence-corrected chi connectivity index (χ4v) is 4.49. The molecule has 1 saturated heterocycles. The fraction of sp³-hybridized carbons (Fsp3) is 0.435. The van der Waals surface area contributed by atoms with Crippen molar-refractivity contribution in [2.75, 3.05) is 19.7 Å². The minimum atomic E-state index is -0.664. The number of hydrogen-bond donors (Lipinski definition) is 2. The molecule has 1 amide bonds. The summed E-state index contributed by atoms with van der Waals surface area (Å²) in [7, 11) is 0. The van der Waals surface area contributed by atoms with Gasteiger partial charge in [0, 0.05) is 18.7 Å². The Balaban J connectivity index is 1.46. The van der Waals surface area contributed by atoms with E-state index in [9.17, 15) is 15.0 Å². The Bertz CT molecular complexity index is 817. The maximum Gasteiger partial charge on any atom is 0.253 e. The van der Waals surface area contributed by atoms with Crippen molar-refractivity contribution in [1.82, 2.24) is 4.90 Å². The highest BCUT2D eigenvalue weighted by Crippen LogP contribution is 2.37. The minimum absolute atomic E-state index is 0.0213. The van der Waals surface area contributed by atoms with Gasteiger partial charge in [0.25, 0.3) is 5.91 Å². The Morgan fingerprint density at radius 1 is 1.00 bits per heavy atom. The van der Waals surface area contributed by atoms with Crippen LogP contribution < -0.4 is 4.74 Å². The van der Waals surface area contributed by atoms with Gasteiger partial charge in [-0.1, -0.05) is 24.3 Å². The second-order valence-electron chi connectivity index (χ2n) is 7.87. The summed E-state index contributed by atoms with van der Waals surface area (Å²) in [5.41, 5.74) is 2.77. The normalized spacial score (nSPS) is 26.8. The van der Waals surface area contributed by atoms with E-state index in [-0.39, 0.29) is 17.7 Å². The van der Waals surface area contributed by atoms with Crippen molar-refractivity contribution >= 4 is 5.91 Å². The van der Waals surface area contributed by atoms with Gasteiger partial charge in [-0.25, -0.2) is 0 Å². The lowest BCUT2D eigenvalue weighted by Crippen LogP contribution is -2.38. The third kappa shape index (κ3) is 3.77. The van der Waals surface area contributed by atoms with Gasteiger partial charge in [0.15, 0.2) is 0 Å². The van der Waals surface area contributed by atoms with Gasteiger partial charge in [0.2, 0.25) is 0 Å². The lowest BCUT2D eigenvalue weighted by atomic mass is 9.79. The first-order valence-electron chi connectivity index (χ1n) is 10.0. The highest BCUT2D eigenvalue weighted by Gasteiger charge is 2.42. The van der Waals surface area contributed by atoms with Crippen LogP contribution in [0.1, 0.15) is 30.1 Å². The Hall–Kier alpha value is -2.37. The summed E-state index contributed by atoms with van der Waals surface area (Å²) in [6.07, 6.45) is -0.179. The minimum Gasteiger partial charge on any atom is -0.494 e. The Morgan fingerprint density at radius 3 is 2.25 bits per heavy atom. The molecule has 1 saturated carbocycles.